The van der Waals surface area contributed by atoms with Crippen LogP contribution < -0.4 is 0 Å². The fourth-order valence-corrected chi connectivity index (χ4v) is 4.13. The minimum Gasteiger partial charge on any atom is -0.330 e. The van der Waals surface area contributed by atoms with Gasteiger partial charge in [-0.3, -0.25) is 9.36 Å². The molecule has 31 heavy (non-hydrogen) atoms. The maximum Gasteiger partial charge on any atom is 0.254 e. The van der Waals surface area contributed by atoms with Gasteiger partial charge in [0.1, 0.15) is 12.7 Å². The molecule has 1 fully saturated rings. The predicted octanol–water partition coefficient (Wildman–Crippen LogP) is 4.36. The van der Waals surface area contributed by atoms with Crippen LogP contribution in [-0.4, -0.2) is 42.1 Å². The van der Waals surface area contributed by atoms with Crippen molar-refractivity contribution in [1.29, 1.82) is 0 Å². The molecule has 4 aromatic rings. The highest BCUT2D eigenvalue weighted by Crippen LogP contribution is 2.33. The van der Waals surface area contributed by atoms with Gasteiger partial charge < -0.3 is 4.90 Å². The van der Waals surface area contributed by atoms with Gasteiger partial charge in [-0.2, -0.15) is 0 Å². The van der Waals surface area contributed by atoms with E-state index < -0.39 is 0 Å². The zero-order valence-electron chi connectivity index (χ0n) is 16.6. The summed E-state index contributed by atoms with van der Waals surface area (Å²) in [4.78, 5) is 24.4. The summed E-state index contributed by atoms with van der Waals surface area (Å²) < 4.78 is 1.78. The van der Waals surface area contributed by atoms with Gasteiger partial charge >= 0.3 is 0 Å². The zero-order chi connectivity index (χ0) is 21.2. The second kappa shape index (κ2) is 8.28. The number of carbonyl (C=O) groups is 1. The van der Waals surface area contributed by atoms with Crippen molar-refractivity contribution in [2.24, 2.45) is 0 Å². The molecule has 1 amide bonds. The molecule has 7 nitrogen and oxygen atoms in total. The molecular formula is C23H19ClN6O. The molecule has 0 bridgehead atoms. The Labute approximate surface area is 184 Å². The Kier molecular flexibility index (Phi) is 5.18. The number of hydrogen-bond acceptors (Lipinski definition) is 5. The lowest BCUT2D eigenvalue weighted by molar-refractivity contribution is 0.0733. The molecule has 154 valence electrons. The van der Waals surface area contributed by atoms with Crippen LogP contribution in [0.1, 0.15) is 34.9 Å². The van der Waals surface area contributed by atoms with Crippen molar-refractivity contribution in [2.45, 2.75) is 18.9 Å². The van der Waals surface area contributed by atoms with Crippen LogP contribution >= 0.6 is 11.6 Å². The van der Waals surface area contributed by atoms with Gasteiger partial charge in [-0.1, -0.05) is 29.8 Å². The normalized spacial score (nSPS) is 15.9. The Hall–Kier alpha value is -3.58. The first-order valence-corrected chi connectivity index (χ1v) is 10.4. The first-order valence-electron chi connectivity index (χ1n) is 10.0. The van der Waals surface area contributed by atoms with E-state index in [1.807, 2.05) is 59.5 Å². The fraction of sp³-hybridized carbons (Fsp3) is 0.174. The summed E-state index contributed by atoms with van der Waals surface area (Å²) >= 11 is 6.13. The summed E-state index contributed by atoms with van der Waals surface area (Å²) in [7, 11) is 0. The fourth-order valence-electron chi connectivity index (χ4n) is 3.94. The van der Waals surface area contributed by atoms with E-state index in [1.165, 1.54) is 0 Å². The summed E-state index contributed by atoms with van der Waals surface area (Å²) in [6.07, 6.45) is 6.76. The number of rotatable bonds is 4. The molecule has 2 aromatic heterocycles. The summed E-state index contributed by atoms with van der Waals surface area (Å²) in [6.45, 7) is 0.691. The minimum atomic E-state index is -0.0907. The first-order chi connectivity index (χ1) is 15.2. The quantitative estimate of drug-likeness (QED) is 0.481. The van der Waals surface area contributed by atoms with Gasteiger partial charge in [0.05, 0.1) is 11.7 Å². The number of nitrogens with zero attached hydrogens (tertiary/aromatic N) is 6. The second-order valence-corrected chi connectivity index (χ2v) is 7.83. The van der Waals surface area contributed by atoms with Crippen molar-refractivity contribution in [2.75, 3.05) is 6.54 Å². The van der Waals surface area contributed by atoms with Gasteiger partial charge in [-0.25, -0.2) is 9.97 Å². The van der Waals surface area contributed by atoms with Gasteiger partial charge in [0.25, 0.3) is 5.91 Å². The van der Waals surface area contributed by atoms with Crippen LogP contribution in [0.5, 0.6) is 0 Å². The van der Waals surface area contributed by atoms with Crippen molar-refractivity contribution in [1.82, 2.24) is 29.6 Å². The molecule has 0 unspecified atom stereocenters. The van der Waals surface area contributed by atoms with E-state index in [-0.39, 0.29) is 11.9 Å². The van der Waals surface area contributed by atoms with Crippen molar-refractivity contribution in [3.63, 3.8) is 0 Å². The SMILES string of the molecule is O=C(c1cccc(-n2cnnc2)c1)N1CCC[C@H]1c1ccnc(-c2cccc(Cl)c2)n1. The van der Waals surface area contributed by atoms with Crippen LogP contribution in [0.25, 0.3) is 17.1 Å². The average molecular weight is 431 g/mol. The highest BCUT2D eigenvalue weighted by atomic mass is 35.5. The third kappa shape index (κ3) is 3.92. The highest BCUT2D eigenvalue weighted by Gasteiger charge is 2.32. The molecule has 3 heterocycles. The number of carbonyl (C=O) groups excluding carboxylic acids is 1. The molecule has 2 aromatic carbocycles. The summed E-state index contributed by atoms with van der Waals surface area (Å²) in [5.74, 6) is 0.592. The molecule has 1 atom stereocenters. The van der Waals surface area contributed by atoms with Crippen LogP contribution in [0.2, 0.25) is 5.02 Å². The third-order valence-electron chi connectivity index (χ3n) is 5.43. The molecule has 1 saturated heterocycles. The zero-order valence-corrected chi connectivity index (χ0v) is 17.4. The molecular weight excluding hydrogens is 412 g/mol. The van der Waals surface area contributed by atoms with Crippen LogP contribution in [0.3, 0.4) is 0 Å². The maximum atomic E-state index is 13.4. The number of likely N-dealkylation sites (tertiary alicyclic amines) is 1. The summed E-state index contributed by atoms with van der Waals surface area (Å²) in [5.41, 5.74) is 3.16. The topological polar surface area (TPSA) is 76.8 Å². The molecule has 5 rings (SSSR count). The van der Waals surface area contributed by atoms with E-state index in [1.54, 1.807) is 23.4 Å². The molecule has 0 aliphatic carbocycles. The third-order valence-corrected chi connectivity index (χ3v) is 5.66. The number of benzene rings is 2. The number of hydrogen-bond donors (Lipinski definition) is 0. The van der Waals surface area contributed by atoms with Crippen LogP contribution in [0.4, 0.5) is 0 Å². The molecule has 8 heteroatoms. The van der Waals surface area contributed by atoms with Crippen molar-refractivity contribution < 1.29 is 4.79 Å². The highest BCUT2D eigenvalue weighted by molar-refractivity contribution is 6.30. The van der Waals surface area contributed by atoms with Crippen molar-refractivity contribution in [3.8, 4) is 17.1 Å². The summed E-state index contributed by atoms with van der Waals surface area (Å²) in [6, 6.07) is 16.8. The van der Waals surface area contributed by atoms with Gasteiger partial charge in [-0.05, 0) is 49.2 Å². The minimum absolute atomic E-state index is 0.0136. The lowest BCUT2D eigenvalue weighted by atomic mass is 10.1. The monoisotopic (exact) mass is 430 g/mol. The predicted molar refractivity (Wildman–Crippen MR) is 117 cm³/mol. The van der Waals surface area contributed by atoms with Crippen molar-refractivity contribution >= 4 is 17.5 Å². The Morgan fingerprint density at radius 2 is 1.87 bits per heavy atom. The van der Waals surface area contributed by atoms with E-state index in [4.69, 9.17) is 16.6 Å². The average Bonchev–Trinajstić information content (AvgIpc) is 3.51. The van der Waals surface area contributed by atoms with E-state index in [0.29, 0.717) is 23.0 Å². The smallest absolute Gasteiger partial charge is 0.254 e. The first kappa shape index (κ1) is 19.4. The lowest BCUT2D eigenvalue weighted by Gasteiger charge is -2.25. The second-order valence-electron chi connectivity index (χ2n) is 7.39. The standard InChI is InChI=1S/C23H19ClN6O/c24-18-6-1-4-16(12-18)22-25-10-9-20(28-22)21-8-3-11-30(21)23(31)17-5-2-7-19(13-17)29-14-26-27-15-29/h1-2,4-7,9-10,12-15,21H,3,8,11H2/t21-/m0/s1. The molecule has 0 saturated carbocycles. The molecule has 1 aliphatic heterocycles. The van der Waals surface area contributed by atoms with Gasteiger partial charge in [0.15, 0.2) is 5.82 Å². The van der Waals surface area contributed by atoms with Crippen molar-refractivity contribution in [3.05, 3.63) is 89.7 Å². The Balaban J connectivity index is 1.43. The Morgan fingerprint density at radius 1 is 1.03 bits per heavy atom. The van der Waals surface area contributed by atoms with Gasteiger partial charge in [0.2, 0.25) is 0 Å². The van der Waals surface area contributed by atoms with Crippen LogP contribution in [0, 0.1) is 0 Å². The van der Waals surface area contributed by atoms with E-state index >= 15 is 0 Å². The molecule has 1 aliphatic rings. The van der Waals surface area contributed by atoms with Gasteiger partial charge in [-0.15, -0.1) is 10.2 Å². The van der Waals surface area contributed by atoms with Crippen LogP contribution in [0.15, 0.2) is 73.4 Å². The van der Waals surface area contributed by atoms with E-state index in [0.717, 1.165) is 29.8 Å². The largest absolute Gasteiger partial charge is 0.330 e. The van der Waals surface area contributed by atoms with E-state index in [9.17, 15) is 4.79 Å². The number of amides is 1. The number of aromatic nitrogens is 5. The lowest BCUT2D eigenvalue weighted by Crippen LogP contribution is -2.31. The molecule has 0 N–H and O–H groups in total. The Morgan fingerprint density at radius 3 is 2.71 bits per heavy atom. The summed E-state index contributed by atoms with van der Waals surface area (Å²) in [5, 5.41) is 8.31. The Bertz CT molecular complexity index is 1230. The van der Waals surface area contributed by atoms with E-state index in [2.05, 4.69) is 15.2 Å². The number of halogens is 1. The molecule has 0 radical (unpaired) electrons. The van der Waals surface area contributed by atoms with Gasteiger partial charge in [0, 0.05) is 34.6 Å². The maximum absolute atomic E-state index is 13.4. The van der Waals surface area contributed by atoms with Crippen LogP contribution in [-0.2, 0) is 0 Å². The molecule has 0 spiro atoms.